The van der Waals surface area contributed by atoms with Gasteiger partial charge in [0.1, 0.15) is 5.75 Å². The second kappa shape index (κ2) is 4.65. The number of nitrogens with zero attached hydrogens (tertiary/aromatic N) is 1. The lowest BCUT2D eigenvalue weighted by Gasteiger charge is -2.05. The lowest BCUT2D eigenvalue weighted by atomic mass is 10.3. The number of benzene rings is 1. The van der Waals surface area contributed by atoms with Crippen molar-refractivity contribution in [3.8, 4) is 5.75 Å². The van der Waals surface area contributed by atoms with Gasteiger partial charge in [-0.1, -0.05) is 0 Å². The van der Waals surface area contributed by atoms with Crippen LogP contribution in [-0.4, -0.2) is 17.1 Å². The summed E-state index contributed by atoms with van der Waals surface area (Å²) < 4.78 is 17.7. The van der Waals surface area contributed by atoms with E-state index in [1.165, 1.54) is 0 Å². The molecule has 5 nitrogen and oxygen atoms in total. The third kappa shape index (κ3) is 2.60. The highest BCUT2D eigenvalue weighted by molar-refractivity contribution is 5.54. The number of nitrogens with one attached hydrogen (secondary N) is 2. The lowest BCUT2D eigenvalue weighted by Crippen LogP contribution is -2.13. The zero-order chi connectivity index (χ0) is 12.3. The van der Waals surface area contributed by atoms with Crippen LogP contribution in [0.1, 0.15) is 0 Å². The Morgan fingerprint density at radius 3 is 2.65 bits per heavy atom. The molecule has 1 aromatic heterocycles. The van der Waals surface area contributed by atoms with Crippen LogP contribution in [0.2, 0.25) is 0 Å². The molecule has 0 amide bonds. The number of anilines is 2. The minimum absolute atomic E-state index is 0.182. The summed E-state index contributed by atoms with van der Waals surface area (Å²) in [5.74, 6) is -0.0112. The number of aromatic nitrogens is 2. The van der Waals surface area contributed by atoms with E-state index in [1.807, 2.05) is 0 Å². The van der Waals surface area contributed by atoms with Gasteiger partial charge in [-0.05, 0) is 24.3 Å². The predicted octanol–water partition coefficient (Wildman–Crippen LogP) is 1.66. The summed E-state index contributed by atoms with van der Waals surface area (Å²) in [6.07, 6.45) is 0.866. The van der Waals surface area contributed by atoms with Crippen LogP contribution < -0.4 is 15.6 Å². The van der Waals surface area contributed by atoms with Gasteiger partial charge in [-0.15, -0.1) is 0 Å². The van der Waals surface area contributed by atoms with Gasteiger partial charge in [0.15, 0.2) is 0 Å². The summed E-state index contributed by atoms with van der Waals surface area (Å²) in [6.45, 7) is 0. The Kier molecular flexibility index (Phi) is 3.04. The van der Waals surface area contributed by atoms with Crippen molar-refractivity contribution < 1.29 is 9.13 Å². The maximum atomic E-state index is 12.7. The van der Waals surface area contributed by atoms with Crippen molar-refractivity contribution in [3.05, 3.63) is 46.6 Å². The number of hydrogen-bond acceptors (Lipinski definition) is 4. The molecule has 0 atom stereocenters. The molecule has 0 bridgehead atoms. The maximum Gasteiger partial charge on any atom is 0.288 e. The van der Waals surface area contributed by atoms with E-state index in [0.29, 0.717) is 5.69 Å². The van der Waals surface area contributed by atoms with E-state index in [9.17, 15) is 9.18 Å². The predicted molar refractivity (Wildman–Crippen MR) is 61.1 cm³/mol. The van der Waals surface area contributed by atoms with E-state index in [2.05, 4.69) is 15.3 Å². The summed E-state index contributed by atoms with van der Waals surface area (Å²) in [5, 5.41) is 2.83. The summed E-state index contributed by atoms with van der Waals surface area (Å²) in [5.41, 5.74) is -0.100. The molecular formula is C11H10FN3O2. The molecule has 1 aromatic carbocycles. The second-order valence-corrected chi connectivity index (χ2v) is 3.26. The number of halogens is 1. The van der Waals surface area contributed by atoms with Gasteiger partial charge < -0.3 is 10.1 Å². The molecule has 17 heavy (non-hydrogen) atoms. The van der Waals surface area contributed by atoms with E-state index >= 15 is 0 Å². The average Bonchev–Trinajstić information content (AvgIpc) is 2.35. The number of H-pyrrole nitrogens is 1. The van der Waals surface area contributed by atoms with Crippen molar-refractivity contribution in [2.75, 3.05) is 12.4 Å². The van der Waals surface area contributed by atoms with Gasteiger partial charge in [0.25, 0.3) is 5.56 Å². The topological polar surface area (TPSA) is 67.0 Å². The standard InChI is InChI=1S/C11H10FN3O2/c1-17-8-4-2-7(3-5-8)14-11-13-6-9(12)10(16)15-11/h2-6H,1H3,(H2,13,14,15,16). The number of aromatic amines is 1. The molecule has 2 aromatic rings. The highest BCUT2D eigenvalue weighted by Crippen LogP contribution is 2.16. The first-order valence-electron chi connectivity index (χ1n) is 4.85. The van der Waals surface area contributed by atoms with Crippen molar-refractivity contribution in [1.29, 1.82) is 0 Å². The van der Waals surface area contributed by atoms with Gasteiger partial charge in [-0.2, -0.15) is 4.39 Å². The molecule has 0 radical (unpaired) electrons. The van der Waals surface area contributed by atoms with Gasteiger partial charge in [0.05, 0.1) is 13.3 Å². The van der Waals surface area contributed by atoms with Gasteiger partial charge in [0.2, 0.25) is 11.8 Å². The van der Waals surface area contributed by atoms with E-state index in [1.54, 1.807) is 31.4 Å². The van der Waals surface area contributed by atoms with Crippen molar-refractivity contribution in [2.45, 2.75) is 0 Å². The third-order valence-electron chi connectivity index (χ3n) is 2.11. The summed E-state index contributed by atoms with van der Waals surface area (Å²) in [7, 11) is 1.57. The Morgan fingerprint density at radius 1 is 1.35 bits per heavy atom. The largest absolute Gasteiger partial charge is 0.497 e. The Morgan fingerprint density at radius 2 is 2.06 bits per heavy atom. The normalized spacial score (nSPS) is 10.0. The fraction of sp³-hybridized carbons (Fsp3) is 0.0909. The summed E-state index contributed by atoms with van der Waals surface area (Å²) in [4.78, 5) is 17.0. The molecule has 0 saturated heterocycles. The van der Waals surface area contributed by atoms with Crippen LogP contribution in [0, 0.1) is 5.82 Å². The molecular weight excluding hydrogens is 225 g/mol. The van der Waals surface area contributed by atoms with E-state index in [0.717, 1.165) is 11.9 Å². The second-order valence-electron chi connectivity index (χ2n) is 3.26. The number of methoxy groups -OCH3 is 1. The fourth-order valence-electron chi connectivity index (χ4n) is 1.25. The quantitative estimate of drug-likeness (QED) is 0.849. The molecule has 0 unspecified atom stereocenters. The average molecular weight is 235 g/mol. The number of rotatable bonds is 3. The van der Waals surface area contributed by atoms with Gasteiger partial charge in [-0.25, -0.2) is 4.98 Å². The molecule has 6 heteroatoms. The van der Waals surface area contributed by atoms with Crippen LogP contribution in [0.3, 0.4) is 0 Å². The van der Waals surface area contributed by atoms with Crippen LogP contribution in [0.25, 0.3) is 0 Å². The van der Waals surface area contributed by atoms with Gasteiger partial charge >= 0.3 is 0 Å². The van der Waals surface area contributed by atoms with Crippen LogP contribution in [0.5, 0.6) is 5.75 Å². The minimum atomic E-state index is -0.912. The smallest absolute Gasteiger partial charge is 0.288 e. The molecule has 0 aliphatic heterocycles. The zero-order valence-corrected chi connectivity index (χ0v) is 9.03. The maximum absolute atomic E-state index is 12.7. The first-order chi connectivity index (χ1) is 8.19. The van der Waals surface area contributed by atoms with Crippen molar-refractivity contribution >= 4 is 11.6 Å². The van der Waals surface area contributed by atoms with Crippen molar-refractivity contribution in [2.24, 2.45) is 0 Å². The van der Waals surface area contributed by atoms with Gasteiger partial charge in [-0.3, -0.25) is 9.78 Å². The van der Waals surface area contributed by atoms with E-state index in [-0.39, 0.29) is 5.95 Å². The molecule has 0 aliphatic rings. The summed E-state index contributed by atoms with van der Waals surface area (Å²) >= 11 is 0. The minimum Gasteiger partial charge on any atom is -0.497 e. The number of ether oxygens (including phenoxy) is 1. The zero-order valence-electron chi connectivity index (χ0n) is 9.03. The molecule has 0 fully saturated rings. The first kappa shape index (κ1) is 11.1. The van der Waals surface area contributed by atoms with E-state index < -0.39 is 11.4 Å². The van der Waals surface area contributed by atoms with Crippen LogP contribution in [0.15, 0.2) is 35.3 Å². The third-order valence-corrected chi connectivity index (χ3v) is 2.11. The van der Waals surface area contributed by atoms with Crippen LogP contribution in [-0.2, 0) is 0 Å². The molecule has 0 aliphatic carbocycles. The lowest BCUT2D eigenvalue weighted by molar-refractivity contribution is 0.415. The Balaban J connectivity index is 2.19. The molecule has 2 rings (SSSR count). The van der Waals surface area contributed by atoms with Gasteiger partial charge in [0, 0.05) is 5.69 Å². The van der Waals surface area contributed by atoms with Crippen LogP contribution >= 0.6 is 0 Å². The highest BCUT2D eigenvalue weighted by Gasteiger charge is 2.01. The van der Waals surface area contributed by atoms with Crippen molar-refractivity contribution in [1.82, 2.24) is 9.97 Å². The summed E-state index contributed by atoms with van der Waals surface area (Å²) in [6, 6.07) is 7.01. The van der Waals surface area contributed by atoms with Crippen LogP contribution in [0.4, 0.5) is 16.0 Å². The molecule has 2 N–H and O–H groups in total. The Labute approximate surface area is 96.3 Å². The molecule has 1 heterocycles. The highest BCUT2D eigenvalue weighted by atomic mass is 19.1. The Bertz CT molecular complexity index is 566. The molecule has 0 spiro atoms. The Hall–Kier alpha value is -2.37. The molecule has 88 valence electrons. The van der Waals surface area contributed by atoms with E-state index in [4.69, 9.17) is 4.74 Å². The number of hydrogen-bond donors (Lipinski definition) is 2. The van der Waals surface area contributed by atoms with Crippen molar-refractivity contribution in [3.63, 3.8) is 0 Å². The SMILES string of the molecule is COc1ccc(Nc2ncc(F)c(=O)[nH]2)cc1. The monoisotopic (exact) mass is 235 g/mol. The fourth-order valence-corrected chi connectivity index (χ4v) is 1.25. The first-order valence-corrected chi connectivity index (χ1v) is 4.85. The molecule has 0 saturated carbocycles.